The first-order valence-electron chi connectivity index (χ1n) is 13.4. The number of quaternary nitrogens is 1. The van der Waals surface area contributed by atoms with E-state index in [-0.39, 0.29) is 32.0 Å². The van der Waals surface area contributed by atoms with Gasteiger partial charge in [-0.2, -0.15) is 13.2 Å². The maximum Gasteiger partial charge on any atom is 0.490 e. The van der Waals surface area contributed by atoms with Gasteiger partial charge >= 0.3 is 18.1 Å². The van der Waals surface area contributed by atoms with Crippen LogP contribution in [0.5, 0.6) is 0 Å². The Hall–Kier alpha value is -2.96. The monoisotopic (exact) mass is 649 g/mol. The molecule has 0 fully saturated rings. The molecular formula is C30H41ClF3N2O6S+. The summed E-state index contributed by atoms with van der Waals surface area (Å²) in [7, 11) is 0. The standard InChI is InChI=1S/C27H35ClN2O4S.C2HF3O2.CH4/c1-5-30(13-6-7-24(32)34-27(2,3)4)14-12-21-23(17-30)35-22(25(21)26(29)33)16-20(31)15-18-8-10-19(28)11-9-18;3-2(4,5)1(6)7;/h8-11H,5-7,12-17H2,1-4H3,(H-,29,33);(H,6,7);1H4/p+1. The van der Waals surface area contributed by atoms with Crippen molar-refractivity contribution in [1.82, 2.24) is 0 Å². The fraction of sp³-hybridized carbons (Fsp3) is 0.533. The molecule has 2 aromatic rings. The molecule has 1 aromatic heterocycles. The quantitative estimate of drug-likeness (QED) is 0.235. The zero-order valence-corrected chi connectivity index (χ0v) is 25.7. The van der Waals surface area contributed by atoms with Crippen molar-refractivity contribution in [2.75, 3.05) is 19.6 Å². The number of amides is 1. The second-order valence-corrected chi connectivity index (χ2v) is 12.8. The molecule has 1 atom stereocenters. The summed E-state index contributed by atoms with van der Waals surface area (Å²) in [4.78, 5) is 48.1. The van der Waals surface area contributed by atoms with E-state index in [0.29, 0.717) is 17.0 Å². The average Bonchev–Trinajstić information content (AvgIpc) is 3.20. The van der Waals surface area contributed by atoms with Crippen LogP contribution in [-0.2, 0) is 44.9 Å². The number of fused-ring (bicyclic) bond motifs is 1. The SMILES string of the molecule is C.CC[N+]1(CCCC(=O)OC(C)(C)C)CCc2c(sc(CC(=O)Cc3ccc(Cl)cc3)c2C(N)=O)C1.O=C(O)C(F)(F)F. The molecule has 0 radical (unpaired) electrons. The lowest BCUT2D eigenvalue weighted by Gasteiger charge is -2.40. The highest BCUT2D eigenvalue weighted by Gasteiger charge is 2.38. The van der Waals surface area contributed by atoms with Crippen LogP contribution in [0.1, 0.15) is 79.2 Å². The first kappa shape index (κ1) is 38.1. The number of carboxylic acids is 1. The lowest BCUT2D eigenvalue weighted by Crippen LogP contribution is -2.51. The third-order valence-electron chi connectivity index (χ3n) is 6.74. The number of nitrogens with two attached hydrogens (primary N) is 1. The Balaban J connectivity index is 0.00000103. The molecule has 1 aliphatic heterocycles. The Kier molecular flexibility index (Phi) is 13.9. The van der Waals surface area contributed by atoms with E-state index in [1.54, 1.807) is 23.5 Å². The molecule has 1 aliphatic rings. The van der Waals surface area contributed by atoms with Crippen molar-refractivity contribution in [3.8, 4) is 0 Å². The number of ketones is 1. The molecule has 0 spiro atoms. The highest BCUT2D eigenvalue weighted by molar-refractivity contribution is 7.12. The van der Waals surface area contributed by atoms with Gasteiger partial charge in [-0.05, 0) is 51.0 Å². The Morgan fingerprint density at radius 1 is 1.09 bits per heavy atom. The van der Waals surface area contributed by atoms with E-state index >= 15 is 0 Å². The topological polar surface area (TPSA) is 124 Å². The molecular weight excluding hydrogens is 609 g/mol. The minimum Gasteiger partial charge on any atom is -0.475 e. The number of alkyl halides is 3. The molecule has 240 valence electrons. The number of hydrogen-bond donors (Lipinski definition) is 2. The van der Waals surface area contributed by atoms with E-state index in [0.717, 1.165) is 64.4 Å². The Bertz CT molecular complexity index is 1290. The van der Waals surface area contributed by atoms with Gasteiger partial charge in [-0.25, -0.2) is 4.79 Å². The van der Waals surface area contributed by atoms with E-state index in [9.17, 15) is 27.6 Å². The Morgan fingerprint density at radius 2 is 1.67 bits per heavy atom. The summed E-state index contributed by atoms with van der Waals surface area (Å²) >= 11 is 7.49. The second-order valence-electron chi connectivity index (χ2n) is 11.2. The summed E-state index contributed by atoms with van der Waals surface area (Å²) < 4.78 is 38.0. The first-order valence-corrected chi connectivity index (χ1v) is 14.6. The zero-order valence-electron chi connectivity index (χ0n) is 24.1. The van der Waals surface area contributed by atoms with Crippen LogP contribution in [0.25, 0.3) is 0 Å². The van der Waals surface area contributed by atoms with Gasteiger partial charge in [0.15, 0.2) is 0 Å². The maximum atomic E-state index is 12.8. The number of benzene rings is 1. The number of hydrogen-bond acceptors (Lipinski definition) is 6. The largest absolute Gasteiger partial charge is 0.490 e. The van der Waals surface area contributed by atoms with Gasteiger partial charge in [0, 0.05) is 35.6 Å². The maximum absolute atomic E-state index is 12.8. The number of aliphatic carboxylic acids is 1. The molecule has 0 bridgehead atoms. The van der Waals surface area contributed by atoms with Gasteiger partial charge in [-0.3, -0.25) is 14.4 Å². The number of carbonyl (C=O) groups excluding carboxylic acids is 3. The summed E-state index contributed by atoms with van der Waals surface area (Å²) in [5.41, 5.74) is 7.74. The van der Waals surface area contributed by atoms with Crippen LogP contribution in [0, 0.1) is 0 Å². The molecule has 3 rings (SSSR count). The fourth-order valence-corrected chi connectivity index (χ4v) is 6.39. The van der Waals surface area contributed by atoms with E-state index in [1.165, 1.54) is 0 Å². The second kappa shape index (κ2) is 15.7. The molecule has 1 aromatic carbocycles. The number of halogens is 4. The molecule has 3 N–H and O–H groups in total. The molecule has 13 heteroatoms. The minimum atomic E-state index is -5.08. The predicted molar refractivity (Wildman–Crippen MR) is 160 cm³/mol. The summed E-state index contributed by atoms with van der Waals surface area (Å²) in [5, 5.41) is 7.76. The van der Waals surface area contributed by atoms with Gasteiger partial charge in [-0.15, -0.1) is 11.3 Å². The molecule has 8 nitrogen and oxygen atoms in total. The normalized spacial score (nSPS) is 16.2. The van der Waals surface area contributed by atoms with Crippen LogP contribution in [-0.4, -0.2) is 64.6 Å². The van der Waals surface area contributed by atoms with Crippen LogP contribution >= 0.6 is 22.9 Å². The summed E-state index contributed by atoms with van der Waals surface area (Å²) in [6.45, 7) is 11.3. The van der Waals surface area contributed by atoms with E-state index in [1.807, 2.05) is 32.9 Å². The molecule has 1 amide bonds. The van der Waals surface area contributed by atoms with Crippen molar-refractivity contribution in [3.63, 3.8) is 0 Å². The van der Waals surface area contributed by atoms with Crippen molar-refractivity contribution in [3.05, 3.63) is 55.7 Å². The third-order valence-corrected chi connectivity index (χ3v) is 8.21. The molecule has 1 unspecified atom stereocenters. The number of thiophene rings is 1. The van der Waals surface area contributed by atoms with Crippen molar-refractivity contribution in [1.29, 1.82) is 0 Å². The Labute approximate surface area is 259 Å². The lowest BCUT2D eigenvalue weighted by atomic mass is 9.97. The summed E-state index contributed by atoms with van der Waals surface area (Å²) in [6.07, 6.45) is -2.71. The number of likely N-dealkylation sites (N-methyl/N-ethyl adjacent to an activating group) is 1. The van der Waals surface area contributed by atoms with Crippen molar-refractivity contribution >= 4 is 46.6 Å². The average molecular weight is 650 g/mol. The van der Waals surface area contributed by atoms with Gasteiger partial charge < -0.3 is 20.1 Å². The molecule has 0 aliphatic carbocycles. The lowest BCUT2D eigenvalue weighted by molar-refractivity contribution is -0.941. The highest BCUT2D eigenvalue weighted by atomic mass is 35.5. The first-order chi connectivity index (χ1) is 19.4. The molecule has 43 heavy (non-hydrogen) atoms. The minimum absolute atomic E-state index is 0. The third kappa shape index (κ3) is 11.9. The van der Waals surface area contributed by atoms with Gasteiger partial charge in [0.25, 0.3) is 0 Å². The number of carboxylic acid groups (broad SMARTS) is 1. The van der Waals surface area contributed by atoms with E-state index in [4.69, 9.17) is 32.0 Å². The predicted octanol–water partition coefficient (Wildman–Crippen LogP) is 6.14. The van der Waals surface area contributed by atoms with Gasteiger partial charge in [0.1, 0.15) is 17.9 Å². The fourth-order valence-electron chi connectivity index (χ4n) is 4.75. The van der Waals surface area contributed by atoms with Crippen LogP contribution in [0.3, 0.4) is 0 Å². The molecule has 2 heterocycles. The number of carbonyl (C=O) groups is 4. The summed E-state index contributed by atoms with van der Waals surface area (Å²) in [5.74, 6) is -3.34. The van der Waals surface area contributed by atoms with Crippen molar-refractivity contribution in [2.24, 2.45) is 5.73 Å². The smallest absolute Gasteiger partial charge is 0.475 e. The van der Waals surface area contributed by atoms with E-state index < -0.39 is 23.7 Å². The van der Waals surface area contributed by atoms with Crippen molar-refractivity contribution in [2.45, 2.75) is 85.5 Å². The van der Waals surface area contributed by atoms with Gasteiger partial charge in [0.2, 0.25) is 5.91 Å². The number of esters is 1. The van der Waals surface area contributed by atoms with Crippen LogP contribution in [0.4, 0.5) is 13.2 Å². The molecule has 0 saturated carbocycles. The number of nitrogens with zero attached hydrogens (tertiary/aromatic N) is 1. The van der Waals surface area contributed by atoms with Gasteiger partial charge in [0.05, 0.1) is 36.5 Å². The zero-order chi connectivity index (χ0) is 31.9. The van der Waals surface area contributed by atoms with E-state index in [2.05, 4.69) is 6.92 Å². The number of ether oxygens (including phenoxy) is 1. The summed E-state index contributed by atoms with van der Waals surface area (Å²) in [6, 6.07) is 7.24. The van der Waals surface area contributed by atoms with Crippen LogP contribution < -0.4 is 5.73 Å². The van der Waals surface area contributed by atoms with Crippen molar-refractivity contribution < 1.29 is 46.7 Å². The van der Waals surface area contributed by atoms with Crippen LogP contribution in [0.15, 0.2) is 24.3 Å². The number of Topliss-reactive ketones (excluding diaryl/α,β-unsaturated/α-hetero) is 1. The Morgan fingerprint density at radius 3 is 2.16 bits per heavy atom. The number of primary amides is 1. The van der Waals surface area contributed by atoms with Crippen LogP contribution in [0.2, 0.25) is 5.02 Å². The molecule has 0 saturated heterocycles. The number of rotatable bonds is 10. The highest BCUT2D eigenvalue weighted by Crippen LogP contribution is 2.36. The van der Waals surface area contributed by atoms with Gasteiger partial charge in [-0.1, -0.05) is 31.2 Å².